The highest BCUT2D eigenvalue weighted by atomic mass is 35.5. The lowest BCUT2D eigenvalue weighted by Gasteiger charge is -2.09. The molecule has 7 heteroatoms. The third-order valence-corrected chi connectivity index (χ3v) is 3.46. The molecule has 0 radical (unpaired) electrons. The van der Waals surface area contributed by atoms with Crippen LogP contribution in [0.4, 0.5) is 5.69 Å². The second kappa shape index (κ2) is 6.18. The maximum Gasteiger partial charge on any atom is 0.235 e. The van der Waals surface area contributed by atoms with Crippen LogP contribution in [0.2, 0.25) is 5.15 Å². The van der Waals surface area contributed by atoms with Gasteiger partial charge < -0.3 is 4.74 Å². The number of aryl methyl sites for hydroxylation is 1. The molecule has 96 valence electrons. The van der Waals surface area contributed by atoms with Crippen LogP contribution < -0.4 is 4.72 Å². The van der Waals surface area contributed by atoms with E-state index >= 15 is 0 Å². The van der Waals surface area contributed by atoms with Gasteiger partial charge in [-0.25, -0.2) is 13.4 Å². The van der Waals surface area contributed by atoms with Gasteiger partial charge in [-0.1, -0.05) is 11.6 Å². The Morgan fingerprint density at radius 2 is 2.18 bits per heavy atom. The summed E-state index contributed by atoms with van der Waals surface area (Å²) in [4.78, 5) is 3.96. The van der Waals surface area contributed by atoms with Gasteiger partial charge in [0, 0.05) is 6.61 Å². The number of nitrogens with zero attached hydrogens (tertiary/aromatic N) is 1. The molecule has 0 saturated heterocycles. The van der Waals surface area contributed by atoms with Crippen molar-refractivity contribution in [1.29, 1.82) is 0 Å². The quantitative estimate of drug-likeness (QED) is 0.637. The van der Waals surface area contributed by atoms with E-state index in [1.54, 1.807) is 13.0 Å². The Morgan fingerprint density at radius 1 is 1.47 bits per heavy atom. The summed E-state index contributed by atoms with van der Waals surface area (Å²) in [7, 11) is -3.40. The van der Waals surface area contributed by atoms with Gasteiger partial charge in [-0.15, -0.1) is 0 Å². The van der Waals surface area contributed by atoms with E-state index in [4.69, 9.17) is 16.3 Å². The molecule has 0 fully saturated rings. The standard InChI is InChI=1S/C10H15ClN2O3S/c1-3-16-6-7-17(14,15)13-9-4-5-10(11)12-8(9)2/h4-5,13H,3,6-7H2,1-2H3. The first-order valence-corrected chi connectivity index (χ1v) is 7.19. The second-order valence-corrected chi connectivity index (χ2v) is 5.61. The summed E-state index contributed by atoms with van der Waals surface area (Å²) in [5.74, 6) is -0.0804. The van der Waals surface area contributed by atoms with E-state index in [-0.39, 0.29) is 12.4 Å². The second-order valence-electron chi connectivity index (χ2n) is 3.38. The molecule has 1 rings (SSSR count). The highest BCUT2D eigenvalue weighted by molar-refractivity contribution is 7.92. The molecule has 1 aromatic heterocycles. The summed E-state index contributed by atoms with van der Waals surface area (Å²) in [6.07, 6.45) is 0. The topological polar surface area (TPSA) is 68.3 Å². The number of sulfonamides is 1. The lowest BCUT2D eigenvalue weighted by Crippen LogP contribution is -2.20. The molecule has 0 atom stereocenters. The maximum absolute atomic E-state index is 11.7. The van der Waals surface area contributed by atoms with Crippen LogP contribution in [0.5, 0.6) is 0 Å². The minimum absolute atomic E-state index is 0.0804. The summed E-state index contributed by atoms with van der Waals surface area (Å²) in [6.45, 7) is 4.17. The van der Waals surface area contributed by atoms with E-state index in [2.05, 4.69) is 9.71 Å². The van der Waals surface area contributed by atoms with Gasteiger partial charge in [-0.3, -0.25) is 4.72 Å². The van der Waals surface area contributed by atoms with E-state index < -0.39 is 10.0 Å². The summed E-state index contributed by atoms with van der Waals surface area (Å²) >= 11 is 5.68. The van der Waals surface area contributed by atoms with Crippen LogP contribution in [0, 0.1) is 6.92 Å². The molecule has 0 aromatic carbocycles. The zero-order valence-electron chi connectivity index (χ0n) is 9.73. The fourth-order valence-corrected chi connectivity index (χ4v) is 2.35. The van der Waals surface area contributed by atoms with Gasteiger partial charge in [-0.2, -0.15) is 0 Å². The van der Waals surface area contributed by atoms with Crippen molar-refractivity contribution in [2.24, 2.45) is 0 Å². The van der Waals surface area contributed by atoms with E-state index in [0.717, 1.165) is 0 Å². The average molecular weight is 279 g/mol. The third-order valence-electron chi connectivity index (χ3n) is 2.02. The lowest BCUT2D eigenvalue weighted by molar-refractivity contribution is 0.163. The van der Waals surface area contributed by atoms with Gasteiger partial charge in [0.1, 0.15) is 5.15 Å². The van der Waals surface area contributed by atoms with Crippen LogP contribution in [0.3, 0.4) is 0 Å². The number of hydrogen-bond donors (Lipinski definition) is 1. The third kappa shape index (κ3) is 4.89. The van der Waals surface area contributed by atoms with Gasteiger partial charge in [0.25, 0.3) is 0 Å². The number of hydrogen-bond acceptors (Lipinski definition) is 4. The van der Waals surface area contributed by atoms with Gasteiger partial charge in [0.2, 0.25) is 10.0 Å². The van der Waals surface area contributed by atoms with Crippen molar-refractivity contribution in [1.82, 2.24) is 4.98 Å². The molecule has 0 aliphatic heterocycles. The molecule has 0 bridgehead atoms. The average Bonchev–Trinajstić information content (AvgIpc) is 2.22. The first-order valence-electron chi connectivity index (χ1n) is 5.16. The largest absolute Gasteiger partial charge is 0.381 e. The van der Waals surface area contributed by atoms with Crippen molar-refractivity contribution in [3.05, 3.63) is 23.0 Å². The predicted octanol–water partition coefficient (Wildman–Crippen LogP) is 1.82. The Hall–Kier alpha value is -0.850. The van der Waals surface area contributed by atoms with Crippen LogP contribution in [-0.2, 0) is 14.8 Å². The Morgan fingerprint density at radius 3 is 2.76 bits per heavy atom. The first kappa shape index (κ1) is 14.2. The van der Waals surface area contributed by atoms with Gasteiger partial charge in [-0.05, 0) is 26.0 Å². The number of aromatic nitrogens is 1. The molecular formula is C10H15ClN2O3S. The van der Waals surface area contributed by atoms with Crippen LogP contribution in [0.1, 0.15) is 12.6 Å². The molecule has 1 heterocycles. The van der Waals surface area contributed by atoms with Crippen LogP contribution in [-0.4, -0.2) is 32.4 Å². The number of nitrogens with one attached hydrogen (secondary N) is 1. The number of anilines is 1. The normalized spacial score (nSPS) is 11.5. The molecule has 0 unspecified atom stereocenters. The molecule has 0 saturated carbocycles. The minimum Gasteiger partial charge on any atom is -0.381 e. The Labute approximate surface area is 106 Å². The summed E-state index contributed by atoms with van der Waals surface area (Å²) in [6, 6.07) is 3.12. The number of pyridine rings is 1. The van der Waals surface area contributed by atoms with Crippen molar-refractivity contribution in [3.8, 4) is 0 Å². The molecule has 0 aliphatic rings. The molecule has 1 N–H and O–H groups in total. The van der Waals surface area contributed by atoms with Gasteiger partial charge in [0.05, 0.1) is 23.7 Å². The van der Waals surface area contributed by atoms with Gasteiger partial charge in [0.15, 0.2) is 0 Å². The van der Waals surface area contributed by atoms with Gasteiger partial charge >= 0.3 is 0 Å². The number of rotatable bonds is 6. The van der Waals surface area contributed by atoms with Crippen molar-refractivity contribution >= 4 is 27.3 Å². The molecule has 1 aromatic rings. The predicted molar refractivity (Wildman–Crippen MR) is 67.9 cm³/mol. The Kier molecular flexibility index (Phi) is 5.17. The van der Waals surface area contributed by atoms with Crippen molar-refractivity contribution in [2.45, 2.75) is 13.8 Å². The number of ether oxygens (including phenoxy) is 1. The molecule has 0 aliphatic carbocycles. The Bertz CT molecular complexity index is 476. The zero-order chi connectivity index (χ0) is 12.9. The molecule has 0 amide bonds. The van der Waals surface area contributed by atoms with Crippen molar-refractivity contribution in [2.75, 3.05) is 23.7 Å². The molecule has 17 heavy (non-hydrogen) atoms. The lowest BCUT2D eigenvalue weighted by atomic mass is 10.3. The highest BCUT2D eigenvalue weighted by Crippen LogP contribution is 2.16. The summed E-state index contributed by atoms with van der Waals surface area (Å²) < 4.78 is 30.8. The fraction of sp³-hybridized carbons (Fsp3) is 0.500. The highest BCUT2D eigenvalue weighted by Gasteiger charge is 2.12. The summed E-state index contributed by atoms with van der Waals surface area (Å²) in [5, 5.41) is 0.333. The molecular weight excluding hydrogens is 264 g/mol. The first-order chi connectivity index (χ1) is 7.94. The summed E-state index contributed by atoms with van der Waals surface area (Å²) in [5.41, 5.74) is 0.975. The smallest absolute Gasteiger partial charge is 0.235 e. The van der Waals surface area contributed by atoms with E-state index in [9.17, 15) is 8.42 Å². The molecule has 0 spiro atoms. The van der Waals surface area contributed by atoms with Crippen LogP contribution >= 0.6 is 11.6 Å². The van der Waals surface area contributed by atoms with E-state index in [1.807, 2.05) is 6.92 Å². The van der Waals surface area contributed by atoms with Crippen LogP contribution in [0.15, 0.2) is 12.1 Å². The monoisotopic (exact) mass is 278 g/mol. The van der Waals surface area contributed by atoms with Crippen molar-refractivity contribution in [3.63, 3.8) is 0 Å². The fourth-order valence-electron chi connectivity index (χ4n) is 1.17. The molecule has 5 nitrogen and oxygen atoms in total. The SMILES string of the molecule is CCOCCS(=O)(=O)Nc1ccc(Cl)nc1C. The zero-order valence-corrected chi connectivity index (χ0v) is 11.3. The van der Waals surface area contributed by atoms with Crippen LogP contribution in [0.25, 0.3) is 0 Å². The van der Waals surface area contributed by atoms with Crippen molar-refractivity contribution < 1.29 is 13.2 Å². The van der Waals surface area contributed by atoms with E-state index in [0.29, 0.717) is 23.1 Å². The van der Waals surface area contributed by atoms with E-state index in [1.165, 1.54) is 6.07 Å². The Balaban J connectivity index is 2.69. The maximum atomic E-state index is 11.7. The minimum atomic E-state index is -3.40. The number of halogens is 1.